The minimum atomic E-state index is -0.629. The van der Waals surface area contributed by atoms with Gasteiger partial charge >= 0.3 is 0 Å². The third-order valence-electron chi connectivity index (χ3n) is 6.06. The Labute approximate surface area is 169 Å². The van der Waals surface area contributed by atoms with Crippen LogP contribution >= 0.6 is 0 Å². The first kappa shape index (κ1) is 19.4. The third kappa shape index (κ3) is 3.98. The number of hydrogen-bond donors (Lipinski definition) is 3. The zero-order valence-electron chi connectivity index (χ0n) is 16.4. The van der Waals surface area contributed by atoms with Crippen molar-refractivity contribution < 1.29 is 14.7 Å². The van der Waals surface area contributed by atoms with Crippen molar-refractivity contribution in [1.82, 2.24) is 20.0 Å². The van der Waals surface area contributed by atoms with E-state index < -0.39 is 5.54 Å². The lowest BCUT2D eigenvalue weighted by molar-refractivity contribution is -0.145. The van der Waals surface area contributed by atoms with Crippen LogP contribution in [-0.2, 0) is 15.1 Å². The van der Waals surface area contributed by atoms with E-state index in [2.05, 4.69) is 15.7 Å². The molecule has 3 heterocycles. The summed E-state index contributed by atoms with van der Waals surface area (Å²) < 4.78 is 1.82. The van der Waals surface area contributed by atoms with Crippen LogP contribution in [0.3, 0.4) is 0 Å². The molecule has 2 aliphatic rings. The molecule has 0 spiro atoms. The van der Waals surface area contributed by atoms with Gasteiger partial charge in [-0.3, -0.25) is 14.3 Å². The normalized spacial score (nSPS) is 19.7. The molecule has 0 radical (unpaired) electrons. The number of amides is 2. The largest absolute Gasteiger partial charge is 0.508 e. The molecular formula is C21H27N5O3. The lowest BCUT2D eigenvalue weighted by Gasteiger charge is -2.42. The Kier molecular flexibility index (Phi) is 5.53. The molecule has 2 fully saturated rings. The molecule has 0 unspecified atom stereocenters. The maximum atomic E-state index is 13.5. The van der Waals surface area contributed by atoms with E-state index in [1.54, 1.807) is 30.5 Å². The van der Waals surface area contributed by atoms with Crippen molar-refractivity contribution >= 4 is 17.5 Å². The number of aromatic hydroxyl groups is 1. The molecule has 0 aliphatic carbocycles. The molecular weight excluding hydrogens is 370 g/mol. The fraction of sp³-hybridized carbons (Fsp3) is 0.476. The molecule has 1 aromatic carbocycles. The Balaban J connectivity index is 1.39. The van der Waals surface area contributed by atoms with Crippen LogP contribution in [0.4, 0.5) is 5.69 Å². The summed E-state index contributed by atoms with van der Waals surface area (Å²) in [6, 6.07) is 8.31. The second-order valence-corrected chi connectivity index (χ2v) is 7.83. The smallest absolute Gasteiger partial charge is 0.250 e. The van der Waals surface area contributed by atoms with Gasteiger partial charge in [0.05, 0.1) is 0 Å². The minimum Gasteiger partial charge on any atom is -0.508 e. The fourth-order valence-electron chi connectivity index (χ4n) is 4.33. The predicted octanol–water partition coefficient (Wildman–Crippen LogP) is 1.54. The number of carbonyl (C=O) groups is 2. The summed E-state index contributed by atoms with van der Waals surface area (Å²) in [4.78, 5) is 28.0. The van der Waals surface area contributed by atoms with Crippen LogP contribution in [0.5, 0.6) is 5.75 Å². The number of carbonyl (C=O) groups excluding carboxylic acids is 2. The standard InChI is InChI=1S/C21H27N5O3/c27-18-4-2-17(3-5-18)24-19(28)16-6-14-25(15-7-16)20(29)21(8-11-22-12-9-21)26-13-1-10-23-26/h1-5,10,13,16,22,27H,6-9,11-12,14-15H2,(H,24,28). The maximum Gasteiger partial charge on any atom is 0.250 e. The van der Waals surface area contributed by atoms with Crippen molar-refractivity contribution in [1.29, 1.82) is 0 Å². The fourth-order valence-corrected chi connectivity index (χ4v) is 4.33. The summed E-state index contributed by atoms with van der Waals surface area (Å²) in [5.41, 5.74) is 0.0363. The molecule has 8 heteroatoms. The van der Waals surface area contributed by atoms with Gasteiger partial charge in [0.15, 0.2) is 0 Å². The molecule has 0 atom stereocenters. The molecule has 2 aliphatic heterocycles. The topological polar surface area (TPSA) is 99.5 Å². The van der Waals surface area contributed by atoms with Gasteiger partial charge in [0.25, 0.3) is 5.91 Å². The first-order chi connectivity index (χ1) is 14.1. The molecule has 8 nitrogen and oxygen atoms in total. The predicted molar refractivity (Wildman–Crippen MR) is 108 cm³/mol. The van der Waals surface area contributed by atoms with Gasteiger partial charge in [0.2, 0.25) is 5.91 Å². The summed E-state index contributed by atoms with van der Waals surface area (Å²) in [7, 11) is 0. The Morgan fingerprint density at radius 3 is 2.45 bits per heavy atom. The highest BCUT2D eigenvalue weighted by molar-refractivity contribution is 5.93. The van der Waals surface area contributed by atoms with Crippen LogP contribution in [0.25, 0.3) is 0 Å². The lowest BCUT2D eigenvalue weighted by Crippen LogP contribution is -2.57. The Bertz CT molecular complexity index is 836. The molecule has 3 N–H and O–H groups in total. The van der Waals surface area contributed by atoms with Gasteiger partial charge in [-0.05, 0) is 69.1 Å². The highest BCUT2D eigenvalue weighted by Gasteiger charge is 2.45. The summed E-state index contributed by atoms with van der Waals surface area (Å²) in [6.45, 7) is 2.72. The van der Waals surface area contributed by atoms with Crippen molar-refractivity contribution in [3.63, 3.8) is 0 Å². The van der Waals surface area contributed by atoms with Crippen molar-refractivity contribution in [2.45, 2.75) is 31.2 Å². The van der Waals surface area contributed by atoms with Crippen LogP contribution in [0.15, 0.2) is 42.7 Å². The van der Waals surface area contributed by atoms with Crippen LogP contribution in [-0.4, -0.2) is 57.8 Å². The molecule has 29 heavy (non-hydrogen) atoms. The van der Waals surface area contributed by atoms with Crippen molar-refractivity contribution in [3.8, 4) is 5.75 Å². The Hall–Kier alpha value is -2.87. The third-order valence-corrected chi connectivity index (χ3v) is 6.06. The van der Waals surface area contributed by atoms with Crippen LogP contribution in [0.2, 0.25) is 0 Å². The average Bonchev–Trinajstić information content (AvgIpc) is 3.31. The van der Waals surface area contributed by atoms with Gasteiger partial charge in [0.1, 0.15) is 11.3 Å². The average molecular weight is 397 g/mol. The number of phenolic OH excluding ortho intramolecular Hbond substituents is 1. The minimum absolute atomic E-state index is 0.0357. The number of likely N-dealkylation sites (tertiary alicyclic amines) is 1. The van der Waals surface area contributed by atoms with Crippen LogP contribution in [0, 0.1) is 5.92 Å². The second-order valence-electron chi connectivity index (χ2n) is 7.83. The number of piperidine rings is 2. The van der Waals surface area contributed by atoms with Gasteiger partial charge < -0.3 is 20.6 Å². The SMILES string of the molecule is O=C(Nc1ccc(O)cc1)C1CCN(C(=O)C2(n3cccn3)CCNCC2)CC1. The van der Waals surface area contributed by atoms with E-state index in [1.807, 2.05) is 21.8 Å². The zero-order chi connectivity index (χ0) is 20.3. The van der Waals surface area contributed by atoms with Crippen LogP contribution in [0.1, 0.15) is 25.7 Å². The summed E-state index contributed by atoms with van der Waals surface area (Å²) >= 11 is 0. The van der Waals surface area contributed by atoms with Gasteiger partial charge in [-0.15, -0.1) is 0 Å². The summed E-state index contributed by atoms with van der Waals surface area (Å²) in [5.74, 6) is 0.118. The van der Waals surface area contributed by atoms with Crippen molar-refractivity contribution in [3.05, 3.63) is 42.7 Å². The van der Waals surface area contributed by atoms with E-state index in [0.717, 1.165) is 25.9 Å². The van der Waals surface area contributed by atoms with Gasteiger partial charge in [-0.1, -0.05) is 0 Å². The first-order valence-corrected chi connectivity index (χ1v) is 10.2. The Morgan fingerprint density at radius 2 is 1.83 bits per heavy atom. The van der Waals surface area contributed by atoms with Gasteiger partial charge in [-0.2, -0.15) is 5.10 Å². The Morgan fingerprint density at radius 1 is 1.14 bits per heavy atom. The molecule has 0 saturated carbocycles. The summed E-state index contributed by atoms with van der Waals surface area (Å²) in [5, 5.41) is 20.0. The first-order valence-electron chi connectivity index (χ1n) is 10.2. The van der Waals surface area contributed by atoms with E-state index in [0.29, 0.717) is 31.6 Å². The highest BCUT2D eigenvalue weighted by atomic mass is 16.3. The highest BCUT2D eigenvalue weighted by Crippen LogP contribution is 2.31. The number of aromatic nitrogens is 2. The molecule has 2 amide bonds. The quantitative estimate of drug-likeness (QED) is 0.680. The number of nitrogens with zero attached hydrogens (tertiary/aromatic N) is 3. The molecule has 2 aromatic rings. The molecule has 0 bridgehead atoms. The number of nitrogens with one attached hydrogen (secondary N) is 2. The number of rotatable bonds is 4. The summed E-state index contributed by atoms with van der Waals surface area (Å²) in [6.07, 6.45) is 6.31. The maximum absolute atomic E-state index is 13.5. The van der Waals surface area contributed by atoms with Crippen molar-refractivity contribution in [2.24, 2.45) is 5.92 Å². The van der Waals surface area contributed by atoms with E-state index in [4.69, 9.17) is 0 Å². The molecule has 1 aromatic heterocycles. The molecule has 2 saturated heterocycles. The zero-order valence-corrected chi connectivity index (χ0v) is 16.4. The second kappa shape index (κ2) is 8.24. The van der Waals surface area contributed by atoms with Gasteiger partial charge in [0, 0.05) is 37.1 Å². The molecule has 4 rings (SSSR count). The van der Waals surface area contributed by atoms with E-state index in [-0.39, 0.29) is 23.5 Å². The van der Waals surface area contributed by atoms with E-state index >= 15 is 0 Å². The number of benzene rings is 1. The van der Waals surface area contributed by atoms with Crippen LogP contribution < -0.4 is 10.6 Å². The monoisotopic (exact) mass is 397 g/mol. The lowest BCUT2D eigenvalue weighted by atomic mass is 9.85. The van der Waals surface area contributed by atoms with E-state index in [1.165, 1.54) is 0 Å². The molecule has 154 valence electrons. The number of hydrogen-bond acceptors (Lipinski definition) is 5. The van der Waals surface area contributed by atoms with Crippen molar-refractivity contribution in [2.75, 3.05) is 31.5 Å². The van der Waals surface area contributed by atoms with Gasteiger partial charge in [-0.25, -0.2) is 0 Å². The van der Waals surface area contributed by atoms with E-state index in [9.17, 15) is 14.7 Å². The number of anilines is 1. The number of phenols is 1.